The molecule has 4 nitrogen and oxygen atoms in total. The highest BCUT2D eigenvalue weighted by atomic mass is 19.1. The second-order valence-electron chi connectivity index (χ2n) is 4.55. The number of guanidine groups is 1. The van der Waals surface area contributed by atoms with Crippen molar-refractivity contribution in [3.05, 3.63) is 65.7 Å². The van der Waals surface area contributed by atoms with Crippen molar-refractivity contribution in [1.82, 2.24) is 15.6 Å². The van der Waals surface area contributed by atoms with Crippen molar-refractivity contribution < 1.29 is 4.39 Å². The Kier molecular flexibility index (Phi) is 5.70. The number of hydrogen-bond acceptors (Lipinski definition) is 2. The molecule has 0 amide bonds. The smallest absolute Gasteiger partial charge is 0.191 e. The third-order valence-corrected chi connectivity index (χ3v) is 2.97. The molecule has 0 aliphatic carbocycles. The number of nitrogens with zero attached hydrogens (tertiary/aromatic N) is 2. The van der Waals surface area contributed by atoms with E-state index >= 15 is 0 Å². The average Bonchev–Trinajstić information content (AvgIpc) is 2.52. The zero-order valence-electron chi connectivity index (χ0n) is 12.0. The maximum atomic E-state index is 13.1. The van der Waals surface area contributed by atoms with Gasteiger partial charge < -0.3 is 10.6 Å². The average molecular weight is 286 g/mol. The zero-order chi connectivity index (χ0) is 14.9. The van der Waals surface area contributed by atoms with E-state index in [0.29, 0.717) is 12.5 Å². The molecule has 0 spiro atoms. The summed E-state index contributed by atoms with van der Waals surface area (Å²) in [5, 5.41) is 6.36. The molecule has 1 heterocycles. The number of pyridine rings is 1. The first-order chi connectivity index (χ1) is 10.3. The molecule has 1 aromatic heterocycles. The van der Waals surface area contributed by atoms with Crippen LogP contribution in [0.1, 0.15) is 11.3 Å². The third kappa shape index (κ3) is 5.22. The van der Waals surface area contributed by atoms with E-state index < -0.39 is 0 Å². The van der Waals surface area contributed by atoms with Crippen molar-refractivity contribution in [3.63, 3.8) is 0 Å². The van der Waals surface area contributed by atoms with E-state index in [4.69, 9.17) is 0 Å². The molecule has 5 heteroatoms. The number of rotatable bonds is 5. The Labute approximate surface area is 124 Å². The molecular formula is C16H19FN4. The van der Waals surface area contributed by atoms with Crippen LogP contribution < -0.4 is 10.6 Å². The van der Waals surface area contributed by atoms with Crippen molar-refractivity contribution >= 4 is 5.96 Å². The summed E-state index contributed by atoms with van der Waals surface area (Å²) in [7, 11) is 1.71. The Morgan fingerprint density at radius 2 is 2.10 bits per heavy atom. The molecule has 0 unspecified atom stereocenters. The highest BCUT2D eigenvalue weighted by Crippen LogP contribution is 2.02. The van der Waals surface area contributed by atoms with E-state index in [0.717, 1.165) is 24.2 Å². The summed E-state index contributed by atoms with van der Waals surface area (Å²) in [5.74, 6) is 0.461. The lowest BCUT2D eigenvalue weighted by atomic mass is 10.2. The molecule has 0 aliphatic heterocycles. The number of benzene rings is 1. The van der Waals surface area contributed by atoms with Gasteiger partial charge in [0.2, 0.25) is 0 Å². The van der Waals surface area contributed by atoms with Gasteiger partial charge in [-0.3, -0.25) is 9.98 Å². The molecule has 0 saturated heterocycles. The molecule has 110 valence electrons. The number of hydrogen-bond donors (Lipinski definition) is 2. The van der Waals surface area contributed by atoms with E-state index in [9.17, 15) is 4.39 Å². The fraction of sp³-hybridized carbons (Fsp3) is 0.250. The summed E-state index contributed by atoms with van der Waals surface area (Å²) < 4.78 is 13.1. The molecule has 0 saturated carbocycles. The second kappa shape index (κ2) is 7.99. The van der Waals surface area contributed by atoms with Crippen molar-refractivity contribution in [3.8, 4) is 0 Å². The Morgan fingerprint density at radius 3 is 2.81 bits per heavy atom. The molecular weight excluding hydrogens is 267 g/mol. The van der Waals surface area contributed by atoms with Gasteiger partial charge >= 0.3 is 0 Å². The van der Waals surface area contributed by atoms with E-state index in [1.165, 1.54) is 12.1 Å². The van der Waals surface area contributed by atoms with Crippen LogP contribution in [-0.2, 0) is 13.0 Å². The van der Waals surface area contributed by atoms with Crippen molar-refractivity contribution in [1.29, 1.82) is 0 Å². The highest BCUT2D eigenvalue weighted by molar-refractivity contribution is 5.79. The quantitative estimate of drug-likeness (QED) is 0.654. The second-order valence-corrected chi connectivity index (χ2v) is 4.55. The molecule has 0 aliphatic rings. The Hall–Kier alpha value is -2.43. The highest BCUT2D eigenvalue weighted by Gasteiger charge is 2.00. The summed E-state index contributed by atoms with van der Waals surface area (Å²) >= 11 is 0. The predicted octanol–water partition coefficient (Wildman–Crippen LogP) is 2.13. The van der Waals surface area contributed by atoms with Gasteiger partial charge in [-0.1, -0.05) is 18.2 Å². The first-order valence-corrected chi connectivity index (χ1v) is 6.87. The number of aliphatic imine (C=N–C) groups is 1. The maximum Gasteiger partial charge on any atom is 0.191 e. The molecule has 0 fully saturated rings. The molecule has 21 heavy (non-hydrogen) atoms. The number of halogens is 1. The van der Waals surface area contributed by atoms with Crippen LogP contribution in [0.15, 0.2) is 53.7 Å². The first kappa shape index (κ1) is 15.0. The van der Waals surface area contributed by atoms with Crippen molar-refractivity contribution in [2.45, 2.75) is 13.0 Å². The minimum absolute atomic E-state index is 0.229. The van der Waals surface area contributed by atoms with Crippen LogP contribution in [0.3, 0.4) is 0 Å². The summed E-state index contributed by atoms with van der Waals surface area (Å²) in [4.78, 5) is 8.40. The van der Waals surface area contributed by atoms with Gasteiger partial charge in [0.1, 0.15) is 5.82 Å². The lowest BCUT2D eigenvalue weighted by molar-refractivity contribution is 0.624. The van der Waals surface area contributed by atoms with Crippen molar-refractivity contribution in [2.75, 3.05) is 13.6 Å². The van der Waals surface area contributed by atoms with Gasteiger partial charge in [-0.05, 0) is 29.8 Å². The lowest BCUT2D eigenvalue weighted by Gasteiger charge is -2.11. The monoisotopic (exact) mass is 286 g/mol. The molecule has 0 atom stereocenters. The van der Waals surface area contributed by atoms with Crippen LogP contribution in [0.2, 0.25) is 0 Å². The summed E-state index contributed by atoms with van der Waals surface area (Å²) in [6.45, 7) is 1.26. The van der Waals surface area contributed by atoms with Gasteiger partial charge in [-0.2, -0.15) is 0 Å². The van der Waals surface area contributed by atoms with Crippen LogP contribution >= 0.6 is 0 Å². The normalized spacial score (nSPS) is 11.2. The molecule has 2 aromatic rings. The molecule has 2 rings (SSSR count). The van der Waals surface area contributed by atoms with Crippen LogP contribution in [0.5, 0.6) is 0 Å². The number of nitrogens with one attached hydrogen (secondary N) is 2. The lowest BCUT2D eigenvalue weighted by Crippen LogP contribution is -2.37. The molecule has 0 radical (unpaired) electrons. The van der Waals surface area contributed by atoms with Crippen LogP contribution in [0.25, 0.3) is 0 Å². The SMILES string of the molecule is CN=C(NCCc1ccccn1)NCc1cccc(F)c1. The predicted molar refractivity (Wildman–Crippen MR) is 82.5 cm³/mol. The fourth-order valence-electron chi connectivity index (χ4n) is 1.91. The summed E-state index contributed by atoms with van der Waals surface area (Å²) in [6, 6.07) is 12.4. The molecule has 2 N–H and O–H groups in total. The van der Waals surface area contributed by atoms with Gasteiger partial charge in [0.25, 0.3) is 0 Å². The first-order valence-electron chi connectivity index (χ1n) is 6.87. The van der Waals surface area contributed by atoms with E-state index in [2.05, 4.69) is 20.6 Å². The zero-order valence-corrected chi connectivity index (χ0v) is 12.0. The third-order valence-electron chi connectivity index (χ3n) is 2.97. The Morgan fingerprint density at radius 1 is 1.19 bits per heavy atom. The summed E-state index contributed by atoms with van der Waals surface area (Å²) in [6.07, 6.45) is 2.61. The fourth-order valence-corrected chi connectivity index (χ4v) is 1.91. The van der Waals surface area contributed by atoms with Gasteiger partial charge in [0, 0.05) is 38.4 Å². The van der Waals surface area contributed by atoms with Crippen molar-refractivity contribution in [2.24, 2.45) is 4.99 Å². The largest absolute Gasteiger partial charge is 0.356 e. The van der Waals surface area contributed by atoms with Gasteiger partial charge in [-0.25, -0.2) is 4.39 Å². The van der Waals surface area contributed by atoms with Crippen LogP contribution in [-0.4, -0.2) is 24.5 Å². The minimum Gasteiger partial charge on any atom is -0.356 e. The Bertz CT molecular complexity index is 584. The molecule has 1 aromatic carbocycles. The van der Waals surface area contributed by atoms with E-state index in [1.807, 2.05) is 24.3 Å². The van der Waals surface area contributed by atoms with Crippen LogP contribution in [0, 0.1) is 5.82 Å². The topological polar surface area (TPSA) is 49.3 Å². The number of aromatic nitrogens is 1. The van der Waals surface area contributed by atoms with Gasteiger partial charge in [-0.15, -0.1) is 0 Å². The molecule has 0 bridgehead atoms. The van der Waals surface area contributed by atoms with Gasteiger partial charge in [0.05, 0.1) is 0 Å². The van der Waals surface area contributed by atoms with Crippen LogP contribution in [0.4, 0.5) is 4.39 Å². The van der Waals surface area contributed by atoms with Gasteiger partial charge in [0.15, 0.2) is 5.96 Å². The maximum absolute atomic E-state index is 13.1. The summed E-state index contributed by atoms with van der Waals surface area (Å²) in [5.41, 5.74) is 1.91. The van der Waals surface area contributed by atoms with E-state index in [-0.39, 0.29) is 5.82 Å². The standard InChI is InChI=1S/C16H19FN4/c1-18-16(20-10-8-15-7-2-3-9-19-15)21-12-13-5-4-6-14(17)11-13/h2-7,9,11H,8,10,12H2,1H3,(H2,18,20,21). The van der Waals surface area contributed by atoms with E-state index in [1.54, 1.807) is 19.3 Å². The Balaban J connectivity index is 1.76. The minimum atomic E-state index is -0.229.